The van der Waals surface area contributed by atoms with E-state index in [0.29, 0.717) is 16.7 Å². The standard InChI is InChI=1S/C42H24N4/c43-25-30-10-7-11-31(26-44)40(30)28-17-19-32(20-18-28)45-38-15-6-4-13-36(38)41-39(45)23-22-35-34-12-3-5-14-37(34)46(42(35)41)33-21-16-27-8-1-2-9-29(27)24-33/h1-24H. The summed E-state index contributed by atoms with van der Waals surface area (Å²) < 4.78 is 4.74. The van der Waals surface area contributed by atoms with Gasteiger partial charge in [-0.2, -0.15) is 10.5 Å². The van der Waals surface area contributed by atoms with Crippen molar-refractivity contribution in [3.8, 4) is 34.6 Å². The normalized spacial score (nSPS) is 11.4. The highest BCUT2D eigenvalue weighted by Crippen LogP contribution is 2.42. The van der Waals surface area contributed by atoms with Gasteiger partial charge in [-0.3, -0.25) is 0 Å². The molecule has 2 aromatic heterocycles. The quantitative estimate of drug-likeness (QED) is 0.207. The zero-order valence-electron chi connectivity index (χ0n) is 24.6. The lowest BCUT2D eigenvalue weighted by Crippen LogP contribution is -1.96. The summed E-state index contributed by atoms with van der Waals surface area (Å²) >= 11 is 0. The molecular weight excluding hydrogens is 560 g/mol. The molecule has 0 saturated heterocycles. The van der Waals surface area contributed by atoms with E-state index in [1.54, 1.807) is 18.2 Å². The Morgan fingerprint density at radius 3 is 1.80 bits per heavy atom. The first kappa shape index (κ1) is 25.8. The van der Waals surface area contributed by atoms with Gasteiger partial charge in [-0.25, -0.2) is 0 Å². The predicted octanol–water partition coefficient (Wildman–Crippen LogP) is 10.4. The van der Waals surface area contributed by atoms with Crippen molar-refractivity contribution in [1.29, 1.82) is 10.5 Å². The predicted molar refractivity (Wildman–Crippen MR) is 187 cm³/mol. The van der Waals surface area contributed by atoms with E-state index in [1.165, 1.54) is 43.4 Å². The van der Waals surface area contributed by atoms with Crippen LogP contribution in [0.15, 0.2) is 146 Å². The highest BCUT2D eigenvalue weighted by Gasteiger charge is 2.21. The highest BCUT2D eigenvalue weighted by molar-refractivity contribution is 6.26. The van der Waals surface area contributed by atoms with Crippen molar-refractivity contribution in [1.82, 2.24) is 9.13 Å². The van der Waals surface area contributed by atoms with Crippen LogP contribution in [0.5, 0.6) is 0 Å². The maximum atomic E-state index is 9.77. The first-order valence-corrected chi connectivity index (χ1v) is 15.2. The number of hydrogen-bond donors (Lipinski definition) is 0. The van der Waals surface area contributed by atoms with Crippen LogP contribution in [-0.2, 0) is 0 Å². The molecule has 0 N–H and O–H groups in total. The third-order valence-corrected chi connectivity index (χ3v) is 9.18. The molecule has 7 aromatic carbocycles. The van der Waals surface area contributed by atoms with Crippen molar-refractivity contribution in [3.05, 3.63) is 157 Å². The van der Waals surface area contributed by atoms with Crippen molar-refractivity contribution >= 4 is 54.4 Å². The number of nitrogens with zero attached hydrogens (tertiary/aromatic N) is 4. The lowest BCUT2D eigenvalue weighted by molar-refractivity contribution is 1.18. The van der Waals surface area contributed by atoms with E-state index >= 15 is 0 Å². The van der Waals surface area contributed by atoms with Crippen LogP contribution in [0.3, 0.4) is 0 Å². The van der Waals surface area contributed by atoms with Crippen LogP contribution in [-0.4, -0.2) is 9.13 Å². The third kappa shape index (κ3) is 3.65. The van der Waals surface area contributed by atoms with Gasteiger partial charge >= 0.3 is 0 Å². The molecule has 46 heavy (non-hydrogen) atoms. The van der Waals surface area contributed by atoms with Crippen LogP contribution >= 0.6 is 0 Å². The van der Waals surface area contributed by atoms with Gasteiger partial charge in [0.05, 0.1) is 45.3 Å². The van der Waals surface area contributed by atoms with Gasteiger partial charge in [0.15, 0.2) is 0 Å². The van der Waals surface area contributed by atoms with Crippen molar-refractivity contribution < 1.29 is 0 Å². The Kier molecular flexibility index (Phi) is 5.59. The minimum atomic E-state index is 0.493. The van der Waals surface area contributed by atoms with Gasteiger partial charge in [0, 0.05) is 38.5 Å². The molecule has 212 valence electrons. The van der Waals surface area contributed by atoms with Gasteiger partial charge in [0.2, 0.25) is 0 Å². The summed E-state index contributed by atoms with van der Waals surface area (Å²) in [5.41, 5.74) is 9.22. The van der Waals surface area contributed by atoms with Crippen LogP contribution in [0.1, 0.15) is 11.1 Å². The molecule has 0 spiro atoms. The average molecular weight is 585 g/mol. The fraction of sp³-hybridized carbons (Fsp3) is 0. The Balaban J connectivity index is 1.35. The minimum absolute atomic E-state index is 0.493. The van der Waals surface area contributed by atoms with Gasteiger partial charge in [-0.05, 0) is 70.9 Å². The van der Waals surface area contributed by atoms with Crippen LogP contribution in [0, 0.1) is 22.7 Å². The van der Waals surface area contributed by atoms with Gasteiger partial charge in [0.25, 0.3) is 0 Å². The van der Waals surface area contributed by atoms with E-state index in [1.807, 2.05) is 12.1 Å². The molecule has 4 nitrogen and oxygen atoms in total. The number of rotatable bonds is 3. The topological polar surface area (TPSA) is 57.4 Å². The first-order valence-electron chi connectivity index (χ1n) is 15.2. The van der Waals surface area contributed by atoms with E-state index in [4.69, 9.17) is 0 Å². The smallest absolute Gasteiger partial charge is 0.0998 e. The monoisotopic (exact) mass is 584 g/mol. The Hall–Kier alpha value is -6.62. The zero-order chi connectivity index (χ0) is 30.8. The van der Waals surface area contributed by atoms with Gasteiger partial charge in [-0.1, -0.05) is 91.0 Å². The summed E-state index contributed by atoms with van der Waals surface area (Å²) in [6.07, 6.45) is 0. The number of aromatic nitrogens is 2. The van der Waals surface area contributed by atoms with Crippen molar-refractivity contribution in [2.75, 3.05) is 0 Å². The summed E-state index contributed by atoms with van der Waals surface area (Å²) in [7, 11) is 0. The second kappa shape index (κ2) is 9.96. The first-order chi connectivity index (χ1) is 22.7. The number of nitriles is 2. The molecule has 2 heterocycles. The average Bonchev–Trinajstić information content (AvgIpc) is 3.64. The fourth-order valence-corrected chi connectivity index (χ4v) is 7.20. The van der Waals surface area contributed by atoms with Gasteiger partial charge in [0.1, 0.15) is 0 Å². The molecule has 0 amide bonds. The van der Waals surface area contributed by atoms with Crippen LogP contribution < -0.4 is 0 Å². The second-order valence-electron chi connectivity index (χ2n) is 11.6. The zero-order valence-corrected chi connectivity index (χ0v) is 24.6. The van der Waals surface area contributed by atoms with Gasteiger partial charge in [-0.15, -0.1) is 0 Å². The Morgan fingerprint density at radius 1 is 0.435 bits per heavy atom. The van der Waals surface area contributed by atoms with E-state index in [0.717, 1.165) is 28.0 Å². The van der Waals surface area contributed by atoms with E-state index in [2.05, 4.69) is 137 Å². The Bertz CT molecular complexity index is 2730. The van der Waals surface area contributed by atoms with E-state index < -0.39 is 0 Å². The molecule has 4 heteroatoms. The van der Waals surface area contributed by atoms with Crippen LogP contribution in [0.2, 0.25) is 0 Å². The number of fused-ring (bicyclic) bond motifs is 8. The summed E-state index contributed by atoms with van der Waals surface area (Å²) in [5.74, 6) is 0. The highest BCUT2D eigenvalue weighted by atomic mass is 15.0. The number of benzene rings is 7. The molecule has 0 bridgehead atoms. The lowest BCUT2D eigenvalue weighted by atomic mass is 9.95. The molecule has 0 saturated carbocycles. The molecular formula is C42H24N4. The Labute approximate surface area is 264 Å². The molecule has 0 unspecified atom stereocenters. The van der Waals surface area contributed by atoms with Crippen LogP contribution in [0.4, 0.5) is 0 Å². The van der Waals surface area contributed by atoms with Crippen molar-refractivity contribution in [2.24, 2.45) is 0 Å². The molecule has 0 aliphatic heterocycles. The lowest BCUT2D eigenvalue weighted by Gasteiger charge is -2.12. The molecule has 0 aliphatic carbocycles. The van der Waals surface area contributed by atoms with Crippen LogP contribution in [0.25, 0.3) is 76.9 Å². The summed E-state index contributed by atoms with van der Waals surface area (Å²) in [4.78, 5) is 0. The van der Waals surface area contributed by atoms with E-state index in [-0.39, 0.29) is 0 Å². The summed E-state index contributed by atoms with van der Waals surface area (Å²) in [5, 5.41) is 26.8. The Morgan fingerprint density at radius 2 is 1.07 bits per heavy atom. The summed E-state index contributed by atoms with van der Waals surface area (Å²) in [6.45, 7) is 0. The molecule has 0 atom stereocenters. The largest absolute Gasteiger partial charge is 0.309 e. The SMILES string of the molecule is N#Cc1cccc(C#N)c1-c1ccc(-n2c3ccccc3c3c2ccc2c4ccccc4n(-c4ccc5ccccc5c4)c23)cc1. The second-order valence-corrected chi connectivity index (χ2v) is 11.6. The molecule has 9 aromatic rings. The van der Waals surface area contributed by atoms with E-state index in [9.17, 15) is 10.5 Å². The molecule has 0 fully saturated rings. The molecule has 0 radical (unpaired) electrons. The minimum Gasteiger partial charge on any atom is -0.309 e. The maximum absolute atomic E-state index is 9.77. The number of para-hydroxylation sites is 2. The van der Waals surface area contributed by atoms with Crippen molar-refractivity contribution in [2.45, 2.75) is 0 Å². The number of hydrogen-bond acceptors (Lipinski definition) is 2. The van der Waals surface area contributed by atoms with Crippen molar-refractivity contribution in [3.63, 3.8) is 0 Å². The molecule has 0 aliphatic rings. The third-order valence-electron chi connectivity index (χ3n) is 9.18. The molecule has 9 rings (SSSR count). The maximum Gasteiger partial charge on any atom is 0.0998 e. The fourth-order valence-electron chi connectivity index (χ4n) is 7.20. The summed E-state index contributed by atoms with van der Waals surface area (Å²) in [6, 6.07) is 54.9. The van der Waals surface area contributed by atoms with Gasteiger partial charge < -0.3 is 9.13 Å².